The maximum Gasteiger partial charge on any atom is 0.305 e. The van der Waals surface area contributed by atoms with E-state index in [1.54, 1.807) is 31.4 Å². The Balaban J connectivity index is 1.98. The molecule has 2 aromatic rings. The van der Waals surface area contributed by atoms with Gasteiger partial charge in [-0.3, -0.25) is 9.59 Å². The van der Waals surface area contributed by atoms with E-state index in [4.69, 9.17) is 15.6 Å². The highest BCUT2D eigenvalue weighted by atomic mass is 32.2. The minimum Gasteiger partial charge on any atom is -0.497 e. The van der Waals surface area contributed by atoms with Crippen molar-refractivity contribution in [2.45, 2.75) is 17.6 Å². The molecule has 0 saturated heterocycles. The molecule has 1 amide bonds. The van der Waals surface area contributed by atoms with Crippen molar-refractivity contribution >= 4 is 29.6 Å². The number of methoxy groups -OCH3 is 1. The molecule has 0 aliphatic carbocycles. The van der Waals surface area contributed by atoms with Gasteiger partial charge in [0.15, 0.2) is 0 Å². The SMILES string of the molecule is COc1ccc([C@H](CC(=O)O)NC(=O)CSc2n[nH]c(N)n2)cc1. The van der Waals surface area contributed by atoms with Crippen molar-refractivity contribution < 1.29 is 19.4 Å². The molecule has 1 aromatic heterocycles. The van der Waals surface area contributed by atoms with E-state index in [0.717, 1.165) is 11.8 Å². The lowest BCUT2D eigenvalue weighted by Gasteiger charge is -2.17. The first-order valence-electron chi connectivity index (χ1n) is 6.93. The number of hydrogen-bond acceptors (Lipinski definition) is 7. The zero-order valence-electron chi connectivity index (χ0n) is 12.9. The summed E-state index contributed by atoms with van der Waals surface area (Å²) in [5.74, 6) is -0.475. The average Bonchev–Trinajstić information content (AvgIpc) is 2.97. The van der Waals surface area contributed by atoms with Gasteiger partial charge in [0.05, 0.1) is 25.3 Å². The fourth-order valence-electron chi connectivity index (χ4n) is 1.95. The van der Waals surface area contributed by atoms with Crippen LogP contribution in [0, 0.1) is 0 Å². The number of thioether (sulfide) groups is 1. The molecule has 5 N–H and O–H groups in total. The van der Waals surface area contributed by atoms with Crippen LogP contribution in [-0.2, 0) is 9.59 Å². The summed E-state index contributed by atoms with van der Waals surface area (Å²) in [5.41, 5.74) is 6.08. The first-order valence-corrected chi connectivity index (χ1v) is 7.92. The lowest BCUT2D eigenvalue weighted by molar-refractivity contribution is -0.137. The number of aromatic nitrogens is 3. The predicted molar refractivity (Wildman–Crippen MR) is 87.6 cm³/mol. The van der Waals surface area contributed by atoms with E-state index in [1.807, 2.05) is 0 Å². The number of ether oxygens (including phenoxy) is 1. The summed E-state index contributed by atoms with van der Waals surface area (Å²) >= 11 is 1.10. The number of nitrogens with one attached hydrogen (secondary N) is 2. The van der Waals surface area contributed by atoms with Crippen LogP contribution in [0.25, 0.3) is 0 Å². The van der Waals surface area contributed by atoms with Crippen molar-refractivity contribution in [3.63, 3.8) is 0 Å². The zero-order valence-corrected chi connectivity index (χ0v) is 13.7. The Hall–Kier alpha value is -2.75. The van der Waals surface area contributed by atoms with Crippen LogP contribution in [0.1, 0.15) is 18.0 Å². The minimum absolute atomic E-state index is 0.0452. The Morgan fingerprint density at radius 3 is 2.67 bits per heavy atom. The lowest BCUT2D eigenvalue weighted by Crippen LogP contribution is -2.31. The number of H-pyrrole nitrogens is 1. The lowest BCUT2D eigenvalue weighted by atomic mass is 10.0. The van der Waals surface area contributed by atoms with Crippen LogP contribution in [-0.4, -0.2) is 45.0 Å². The van der Waals surface area contributed by atoms with E-state index in [9.17, 15) is 9.59 Å². The number of aliphatic carboxylic acids is 1. The number of amides is 1. The molecule has 128 valence electrons. The van der Waals surface area contributed by atoms with Crippen LogP contribution >= 0.6 is 11.8 Å². The molecule has 1 heterocycles. The Labute approximate surface area is 142 Å². The number of anilines is 1. The van der Waals surface area contributed by atoms with Crippen LogP contribution in [0.15, 0.2) is 29.4 Å². The minimum atomic E-state index is -1.01. The van der Waals surface area contributed by atoms with Gasteiger partial charge in [-0.15, -0.1) is 5.10 Å². The number of carbonyl (C=O) groups is 2. The second kappa shape index (κ2) is 8.20. The van der Waals surface area contributed by atoms with E-state index in [2.05, 4.69) is 20.5 Å². The molecule has 1 aromatic carbocycles. The van der Waals surface area contributed by atoms with Crippen LogP contribution in [0.3, 0.4) is 0 Å². The third-order valence-corrected chi connectivity index (χ3v) is 3.89. The number of carbonyl (C=O) groups excluding carboxylic acids is 1. The monoisotopic (exact) mass is 351 g/mol. The number of aromatic amines is 1. The summed E-state index contributed by atoms with van der Waals surface area (Å²) in [7, 11) is 1.54. The highest BCUT2D eigenvalue weighted by Crippen LogP contribution is 2.21. The molecule has 10 heteroatoms. The standard InChI is InChI=1S/C14H17N5O4S/c1-23-9-4-2-8(3-5-9)10(6-12(21)22)16-11(20)7-24-14-17-13(15)18-19-14/h2-5,10H,6-7H2,1H3,(H,16,20)(H,21,22)(H3,15,17,18,19)/t10-/m0/s1. The summed E-state index contributed by atoms with van der Waals surface area (Å²) < 4.78 is 5.07. The van der Waals surface area contributed by atoms with Gasteiger partial charge < -0.3 is 20.9 Å². The molecule has 0 spiro atoms. The van der Waals surface area contributed by atoms with Gasteiger partial charge in [-0.2, -0.15) is 4.98 Å². The van der Waals surface area contributed by atoms with Gasteiger partial charge >= 0.3 is 5.97 Å². The normalized spacial score (nSPS) is 11.7. The van der Waals surface area contributed by atoms with Crippen molar-refractivity contribution in [3.8, 4) is 5.75 Å². The molecular formula is C14H17N5O4S. The average molecular weight is 351 g/mol. The highest BCUT2D eigenvalue weighted by Gasteiger charge is 2.18. The summed E-state index contributed by atoms with van der Waals surface area (Å²) in [6.45, 7) is 0. The van der Waals surface area contributed by atoms with Gasteiger partial charge in [0.2, 0.25) is 17.0 Å². The molecule has 9 nitrogen and oxygen atoms in total. The van der Waals surface area contributed by atoms with Gasteiger partial charge in [-0.1, -0.05) is 23.9 Å². The molecule has 0 aliphatic heterocycles. The van der Waals surface area contributed by atoms with Crippen LogP contribution in [0.2, 0.25) is 0 Å². The van der Waals surface area contributed by atoms with Crippen molar-refractivity contribution in [3.05, 3.63) is 29.8 Å². The third kappa shape index (κ3) is 5.16. The number of nitrogens with two attached hydrogens (primary N) is 1. The number of carboxylic acids is 1. The summed E-state index contributed by atoms with van der Waals surface area (Å²) in [6, 6.07) is 6.22. The van der Waals surface area contributed by atoms with Crippen molar-refractivity contribution in [1.82, 2.24) is 20.5 Å². The van der Waals surface area contributed by atoms with Crippen LogP contribution in [0.5, 0.6) is 5.75 Å². The summed E-state index contributed by atoms with van der Waals surface area (Å²) in [6.07, 6.45) is -0.226. The maximum atomic E-state index is 12.1. The second-order valence-electron chi connectivity index (χ2n) is 4.78. The first kappa shape index (κ1) is 17.6. The highest BCUT2D eigenvalue weighted by molar-refractivity contribution is 7.99. The smallest absolute Gasteiger partial charge is 0.305 e. The number of hydrogen-bond donors (Lipinski definition) is 4. The Bertz CT molecular complexity index is 703. The Morgan fingerprint density at radius 2 is 2.12 bits per heavy atom. The van der Waals surface area contributed by atoms with Gasteiger partial charge in [0.25, 0.3) is 0 Å². The van der Waals surface area contributed by atoms with E-state index in [-0.39, 0.29) is 24.0 Å². The van der Waals surface area contributed by atoms with Gasteiger partial charge in [0.1, 0.15) is 5.75 Å². The molecule has 0 bridgehead atoms. The predicted octanol–water partition coefficient (Wildman–Crippen LogP) is 0.820. The quantitative estimate of drug-likeness (QED) is 0.512. The fourth-order valence-corrected chi connectivity index (χ4v) is 2.57. The summed E-state index contributed by atoms with van der Waals surface area (Å²) in [5, 5.41) is 18.4. The first-order chi connectivity index (χ1) is 11.5. The topological polar surface area (TPSA) is 143 Å². The largest absolute Gasteiger partial charge is 0.497 e. The number of nitrogen functional groups attached to an aromatic ring is 1. The van der Waals surface area contributed by atoms with E-state index < -0.39 is 12.0 Å². The molecule has 0 saturated carbocycles. The van der Waals surface area contributed by atoms with Crippen molar-refractivity contribution in [2.75, 3.05) is 18.6 Å². The maximum absolute atomic E-state index is 12.1. The number of rotatable bonds is 8. The molecule has 24 heavy (non-hydrogen) atoms. The Kier molecular flexibility index (Phi) is 6.01. The van der Waals surface area contributed by atoms with Gasteiger partial charge in [0, 0.05) is 0 Å². The van der Waals surface area contributed by atoms with Crippen molar-refractivity contribution in [1.29, 1.82) is 0 Å². The van der Waals surface area contributed by atoms with E-state index in [0.29, 0.717) is 16.5 Å². The van der Waals surface area contributed by atoms with Crippen molar-refractivity contribution in [2.24, 2.45) is 0 Å². The zero-order chi connectivity index (χ0) is 17.5. The molecule has 0 unspecified atom stereocenters. The van der Waals surface area contributed by atoms with Crippen LogP contribution < -0.4 is 15.8 Å². The molecule has 0 radical (unpaired) electrons. The van der Waals surface area contributed by atoms with Crippen LogP contribution in [0.4, 0.5) is 5.95 Å². The van der Waals surface area contributed by atoms with Gasteiger partial charge in [-0.25, -0.2) is 5.10 Å². The fraction of sp³-hybridized carbons (Fsp3) is 0.286. The molecule has 0 aliphatic rings. The number of benzene rings is 1. The molecule has 1 atom stereocenters. The third-order valence-electron chi connectivity index (χ3n) is 3.05. The molecule has 0 fully saturated rings. The van der Waals surface area contributed by atoms with E-state index in [1.165, 1.54) is 0 Å². The van der Waals surface area contributed by atoms with E-state index >= 15 is 0 Å². The molecule has 2 rings (SSSR count). The Morgan fingerprint density at radius 1 is 1.42 bits per heavy atom. The number of carboxylic acid groups (broad SMARTS) is 1. The summed E-state index contributed by atoms with van der Waals surface area (Å²) in [4.78, 5) is 27.0. The molecular weight excluding hydrogens is 334 g/mol. The second-order valence-corrected chi connectivity index (χ2v) is 5.73. The van der Waals surface area contributed by atoms with Gasteiger partial charge in [-0.05, 0) is 17.7 Å². The number of nitrogens with zero attached hydrogens (tertiary/aromatic N) is 2.